The number of benzene rings is 1. The van der Waals surface area contributed by atoms with Crippen LogP contribution in [0, 0.1) is 0 Å². The van der Waals surface area contributed by atoms with Gasteiger partial charge in [0.15, 0.2) is 0 Å². The van der Waals surface area contributed by atoms with Gasteiger partial charge in [-0.3, -0.25) is 4.98 Å². The maximum Gasteiger partial charge on any atom is 0.230 e. The van der Waals surface area contributed by atoms with Gasteiger partial charge in [-0.05, 0) is 12.1 Å². The molecule has 0 unspecified atom stereocenters. The third-order valence-electron chi connectivity index (χ3n) is 3.40. The highest BCUT2D eigenvalue weighted by atomic mass is 32.1. The van der Waals surface area contributed by atoms with Crippen molar-refractivity contribution in [2.75, 3.05) is 5.73 Å². The summed E-state index contributed by atoms with van der Waals surface area (Å²) in [5.41, 5.74) is 9.47. The van der Waals surface area contributed by atoms with Crippen molar-refractivity contribution >= 4 is 27.3 Å². The molecule has 4 nitrogen and oxygen atoms in total. The maximum atomic E-state index is 5.97. The van der Waals surface area contributed by atoms with E-state index in [1.54, 1.807) is 23.7 Å². The van der Waals surface area contributed by atoms with Crippen LogP contribution >= 0.6 is 11.3 Å². The van der Waals surface area contributed by atoms with Crippen molar-refractivity contribution in [2.24, 2.45) is 0 Å². The van der Waals surface area contributed by atoms with Gasteiger partial charge in [0.05, 0.1) is 5.56 Å². The average molecular weight is 293 g/mol. The lowest BCUT2D eigenvalue weighted by atomic mass is 10.0. The van der Waals surface area contributed by atoms with Crippen molar-refractivity contribution < 1.29 is 4.52 Å². The molecule has 0 bridgehead atoms. The minimum atomic E-state index is 0.313. The maximum absolute atomic E-state index is 5.97. The van der Waals surface area contributed by atoms with Crippen molar-refractivity contribution in [1.29, 1.82) is 0 Å². The van der Waals surface area contributed by atoms with Crippen molar-refractivity contribution in [2.45, 2.75) is 0 Å². The molecule has 102 valence electrons. The number of hydrogen-bond acceptors (Lipinski definition) is 5. The number of nitrogens with two attached hydrogens (primary N) is 1. The normalized spacial score (nSPS) is 11.0. The van der Waals surface area contributed by atoms with Crippen LogP contribution in [-0.2, 0) is 0 Å². The van der Waals surface area contributed by atoms with E-state index in [2.05, 4.69) is 27.7 Å². The lowest BCUT2D eigenvalue weighted by molar-refractivity contribution is 0.439. The van der Waals surface area contributed by atoms with E-state index >= 15 is 0 Å². The Morgan fingerprint density at radius 2 is 2.00 bits per heavy atom. The summed E-state index contributed by atoms with van der Waals surface area (Å²) < 4.78 is 6.44. The Bertz CT molecular complexity index is 912. The zero-order valence-corrected chi connectivity index (χ0v) is 11.8. The van der Waals surface area contributed by atoms with Crippen LogP contribution in [0.15, 0.2) is 58.7 Å². The minimum Gasteiger partial charge on any atom is -0.367 e. The van der Waals surface area contributed by atoms with E-state index in [4.69, 9.17) is 10.3 Å². The summed E-state index contributed by atoms with van der Waals surface area (Å²) in [4.78, 5) is 4.14. The predicted molar refractivity (Wildman–Crippen MR) is 85.0 cm³/mol. The standard InChI is InChI=1S/C16H11N3OS/c17-16-14(10-4-3-7-18-8-10)15(19-20-16)12-9-21-13-6-2-1-5-11(12)13/h1-9H,17H2. The largest absolute Gasteiger partial charge is 0.367 e. The Morgan fingerprint density at radius 3 is 2.86 bits per heavy atom. The second-order valence-electron chi connectivity index (χ2n) is 4.66. The first kappa shape index (κ1) is 12.1. The molecule has 3 aromatic heterocycles. The first-order chi connectivity index (χ1) is 10.3. The van der Waals surface area contributed by atoms with E-state index in [1.165, 1.54) is 4.70 Å². The van der Waals surface area contributed by atoms with Crippen LogP contribution in [0.1, 0.15) is 0 Å². The molecule has 0 aliphatic rings. The van der Waals surface area contributed by atoms with Gasteiger partial charge in [-0.25, -0.2) is 0 Å². The molecule has 4 aromatic rings. The molecule has 0 saturated carbocycles. The number of hydrogen-bond donors (Lipinski definition) is 1. The number of aromatic nitrogens is 2. The molecule has 0 aliphatic carbocycles. The van der Waals surface area contributed by atoms with Crippen LogP contribution in [0.3, 0.4) is 0 Å². The third kappa shape index (κ3) is 1.90. The highest BCUT2D eigenvalue weighted by Gasteiger charge is 2.19. The summed E-state index contributed by atoms with van der Waals surface area (Å²) in [5, 5.41) is 7.40. The second-order valence-corrected chi connectivity index (χ2v) is 5.57. The first-order valence-corrected chi connectivity index (χ1v) is 7.34. The van der Waals surface area contributed by atoms with Gasteiger partial charge in [-0.15, -0.1) is 11.3 Å². The number of anilines is 1. The number of nitrogens with zero attached hydrogens (tertiary/aromatic N) is 2. The number of rotatable bonds is 2. The lowest BCUT2D eigenvalue weighted by Gasteiger charge is -2.01. The zero-order chi connectivity index (χ0) is 14.2. The first-order valence-electron chi connectivity index (χ1n) is 6.47. The van der Waals surface area contributed by atoms with Crippen LogP contribution in [0.4, 0.5) is 5.88 Å². The summed E-state index contributed by atoms with van der Waals surface area (Å²) in [5.74, 6) is 0.313. The third-order valence-corrected chi connectivity index (χ3v) is 4.37. The summed E-state index contributed by atoms with van der Waals surface area (Å²) in [6.45, 7) is 0. The summed E-state index contributed by atoms with van der Waals surface area (Å²) in [7, 11) is 0. The van der Waals surface area contributed by atoms with Crippen molar-refractivity contribution in [1.82, 2.24) is 10.1 Å². The molecule has 21 heavy (non-hydrogen) atoms. The fourth-order valence-electron chi connectivity index (χ4n) is 2.44. The van der Waals surface area contributed by atoms with Crippen molar-refractivity contribution in [3.8, 4) is 22.4 Å². The molecule has 0 spiro atoms. The van der Waals surface area contributed by atoms with Gasteiger partial charge in [0.2, 0.25) is 5.88 Å². The highest BCUT2D eigenvalue weighted by Crippen LogP contribution is 2.40. The number of pyridine rings is 1. The molecule has 0 atom stereocenters. The predicted octanol–water partition coefficient (Wildman–Crippen LogP) is 4.20. The lowest BCUT2D eigenvalue weighted by Crippen LogP contribution is -1.87. The molecule has 5 heteroatoms. The van der Waals surface area contributed by atoms with Gasteiger partial charge in [0.25, 0.3) is 0 Å². The molecule has 1 aromatic carbocycles. The van der Waals surface area contributed by atoms with Gasteiger partial charge in [0, 0.05) is 39.0 Å². The fourth-order valence-corrected chi connectivity index (χ4v) is 3.38. The number of fused-ring (bicyclic) bond motifs is 1. The Kier molecular flexibility index (Phi) is 2.72. The smallest absolute Gasteiger partial charge is 0.230 e. The SMILES string of the molecule is Nc1onc(-c2csc3ccccc23)c1-c1cccnc1. The van der Waals surface area contributed by atoms with Crippen LogP contribution in [0.25, 0.3) is 32.5 Å². The zero-order valence-electron chi connectivity index (χ0n) is 11.0. The average Bonchev–Trinajstić information content (AvgIpc) is 3.11. The monoisotopic (exact) mass is 293 g/mol. The fraction of sp³-hybridized carbons (Fsp3) is 0. The summed E-state index contributed by atoms with van der Waals surface area (Å²) >= 11 is 1.68. The van der Waals surface area contributed by atoms with E-state index in [9.17, 15) is 0 Å². The number of thiophene rings is 1. The molecule has 0 amide bonds. The van der Waals surface area contributed by atoms with E-state index < -0.39 is 0 Å². The molecule has 0 radical (unpaired) electrons. The highest BCUT2D eigenvalue weighted by molar-refractivity contribution is 7.17. The molecule has 2 N–H and O–H groups in total. The van der Waals surface area contributed by atoms with E-state index in [0.717, 1.165) is 27.8 Å². The Balaban J connectivity index is 1.98. The quantitative estimate of drug-likeness (QED) is 0.601. The van der Waals surface area contributed by atoms with E-state index in [1.807, 2.05) is 24.3 Å². The van der Waals surface area contributed by atoms with Crippen molar-refractivity contribution in [3.63, 3.8) is 0 Å². The second kappa shape index (κ2) is 4.71. The molecular formula is C16H11N3OS. The summed E-state index contributed by atoms with van der Waals surface area (Å²) in [6, 6.07) is 12.1. The Morgan fingerprint density at radius 1 is 1.10 bits per heavy atom. The topological polar surface area (TPSA) is 64.9 Å². The Hall–Kier alpha value is -2.66. The molecular weight excluding hydrogens is 282 g/mol. The summed E-state index contributed by atoms with van der Waals surface area (Å²) in [6.07, 6.45) is 3.49. The minimum absolute atomic E-state index is 0.313. The molecule has 3 heterocycles. The molecule has 4 rings (SSSR count). The van der Waals surface area contributed by atoms with Crippen LogP contribution in [0.5, 0.6) is 0 Å². The van der Waals surface area contributed by atoms with E-state index in [-0.39, 0.29) is 0 Å². The number of nitrogen functional groups attached to an aromatic ring is 1. The molecule has 0 fully saturated rings. The van der Waals surface area contributed by atoms with Gasteiger partial charge in [-0.1, -0.05) is 29.4 Å². The molecule has 0 aliphatic heterocycles. The van der Waals surface area contributed by atoms with Gasteiger partial charge in [0.1, 0.15) is 5.69 Å². The van der Waals surface area contributed by atoms with Gasteiger partial charge in [-0.2, -0.15) is 0 Å². The van der Waals surface area contributed by atoms with Crippen LogP contribution in [-0.4, -0.2) is 10.1 Å². The Labute approximate surface area is 124 Å². The van der Waals surface area contributed by atoms with Gasteiger partial charge >= 0.3 is 0 Å². The van der Waals surface area contributed by atoms with E-state index in [0.29, 0.717) is 5.88 Å². The van der Waals surface area contributed by atoms with Crippen LogP contribution < -0.4 is 5.73 Å². The van der Waals surface area contributed by atoms with Gasteiger partial charge < -0.3 is 10.3 Å². The molecule has 0 saturated heterocycles. The van der Waals surface area contributed by atoms with Crippen LogP contribution in [0.2, 0.25) is 0 Å². The van der Waals surface area contributed by atoms with Crippen molar-refractivity contribution in [3.05, 3.63) is 54.2 Å².